The fraction of sp³-hybridized carbons (Fsp3) is 0.700. The molecule has 4 saturated heterocycles. The maximum absolute atomic E-state index is 13.2. The third kappa shape index (κ3) is 6.74. The van der Waals surface area contributed by atoms with Crippen molar-refractivity contribution in [2.75, 3.05) is 46.9 Å². The molecule has 4 fully saturated rings. The highest BCUT2D eigenvalue weighted by atomic mass is 16.8. The molecule has 0 aliphatic carbocycles. The number of aliphatic hydroxyl groups excluding tert-OH is 1. The first-order valence-corrected chi connectivity index (χ1v) is 14.8. The van der Waals surface area contributed by atoms with E-state index in [0.717, 1.165) is 25.9 Å². The second kappa shape index (κ2) is 12.9. The normalized spacial score (nSPS) is 32.3. The standard InChI is InChI=1S/C30H42N4O9/c1-17-15-34(20(13-31)26(17)41-28(37)18-6-7-21(38-4)22(12-18)39-5)24(35)14-32-19-8-10-33(11-9-19)16-23-25(36)27-29(40-23)43-30(2,3)42-27/h6-7,12,17,19-20,23,25-27,29,32,36H,8-11,14-16H2,1-5H3/t17?,20-,23-,25+,26?,27-,29-/m1/s1. The predicted molar refractivity (Wildman–Crippen MR) is 151 cm³/mol. The Morgan fingerprint density at radius 1 is 1.16 bits per heavy atom. The quantitative estimate of drug-likeness (QED) is 0.386. The molecule has 236 valence electrons. The molecule has 2 unspecified atom stereocenters. The molecule has 1 aromatic rings. The van der Waals surface area contributed by atoms with Crippen LogP contribution in [0.1, 0.15) is 44.0 Å². The number of benzene rings is 1. The van der Waals surface area contributed by atoms with Gasteiger partial charge in [0.15, 0.2) is 29.6 Å². The molecule has 0 aromatic heterocycles. The summed E-state index contributed by atoms with van der Waals surface area (Å²) < 4.78 is 33.7. The number of amides is 1. The summed E-state index contributed by atoms with van der Waals surface area (Å²) in [5.74, 6) is -0.906. The Morgan fingerprint density at radius 2 is 1.88 bits per heavy atom. The Bertz CT molecular complexity index is 1210. The van der Waals surface area contributed by atoms with Gasteiger partial charge >= 0.3 is 5.97 Å². The van der Waals surface area contributed by atoms with Gasteiger partial charge in [0.05, 0.1) is 32.4 Å². The second-order valence-electron chi connectivity index (χ2n) is 12.1. The molecule has 4 heterocycles. The molecule has 0 radical (unpaired) electrons. The minimum absolute atomic E-state index is 0.0875. The number of methoxy groups -OCH3 is 2. The number of carbonyl (C=O) groups excluding carboxylic acids is 2. The molecule has 0 spiro atoms. The smallest absolute Gasteiger partial charge is 0.338 e. The number of hydrogen-bond donors (Lipinski definition) is 2. The average molecular weight is 603 g/mol. The Labute approximate surface area is 251 Å². The Hall–Kier alpha value is -2.99. The summed E-state index contributed by atoms with van der Waals surface area (Å²) in [6, 6.07) is 6.14. The summed E-state index contributed by atoms with van der Waals surface area (Å²) in [5, 5.41) is 23.9. The van der Waals surface area contributed by atoms with Gasteiger partial charge in [-0.3, -0.25) is 4.79 Å². The number of ether oxygens (including phenoxy) is 6. The molecule has 2 N–H and O–H groups in total. The number of rotatable bonds is 9. The third-order valence-corrected chi connectivity index (χ3v) is 8.69. The SMILES string of the molecule is COc1ccc(C(=O)OC2C(C)CN(C(=O)CNC3CCN(C[C@H]4O[C@@H]5OC(C)(C)O[C@@H]5[C@H]4O)CC3)[C@@H]2C#N)cc1OC. The van der Waals surface area contributed by atoms with E-state index in [1.807, 2.05) is 6.92 Å². The Morgan fingerprint density at radius 3 is 2.53 bits per heavy atom. The maximum atomic E-state index is 13.2. The van der Waals surface area contributed by atoms with Crippen molar-refractivity contribution in [2.24, 2.45) is 5.92 Å². The summed E-state index contributed by atoms with van der Waals surface area (Å²) in [6.07, 6.45) is -1.28. The molecule has 7 atom stereocenters. The summed E-state index contributed by atoms with van der Waals surface area (Å²) in [7, 11) is 2.98. The molecule has 5 rings (SSSR count). The number of nitrogens with zero attached hydrogens (tertiary/aromatic N) is 3. The average Bonchev–Trinajstić information content (AvgIpc) is 3.58. The second-order valence-corrected chi connectivity index (χ2v) is 12.1. The van der Waals surface area contributed by atoms with Gasteiger partial charge in [0.2, 0.25) is 5.91 Å². The van der Waals surface area contributed by atoms with E-state index in [0.29, 0.717) is 24.6 Å². The Balaban J connectivity index is 1.07. The van der Waals surface area contributed by atoms with Crippen LogP contribution in [0.25, 0.3) is 0 Å². The van der Waals surface area contributed by atoms with Crippen LogP contribution in [0, 0.1) is 17.2 Å². The lowest BCUT2D eigenvalue weighted by molar-refractivity contribution is -0.216. The van der Waals surface area contributed by atoms with Gasteiger partial charge in [0, 0.05) is 25.0 Å². The van der Waals surface area contributed by atoms with Gasteiger partial charge in [-0.1, -0.05) is 6.92 Å². The van der Waals surface area contributed by atoms with E-state index in [-0.39, 0.29) is 36.1 Å². The summed E-state index contributed by atoms with van der Waals surface area (Å²) >= 11 is 0. The molecule has 13 nitrogen and oxygen atoms in total. The van der Waals surface area contributed by atoms with Gasteiger partial charge in [0.25, 0.3) is 0 Å². The van der Waals surface area contributed by atoms with Gasteiger partial charge in [-0.05, 0) is 58.0 Å². The molecule has 43 heavy (non-hydrogen) atoms. The van der Waals surface area contributed by atoms with Gasteiger partial charge < -0.3 is 48.6 Å². The molecule has 13 heteroatoms. The van der Waals surface area contributed by atoms with Crippen LogP contribution in [-0.2, 0) is 23.7 Å². The summed E-state index contributed by atoms with van der Waals surface area (Å²) in [4.78, 5) is 29.9. The van der Waals surface area contributed by atoms with Crippen molar-refractivity contribution in [3.63, 3.8) is 0 Å². The van der Waals surface area contributed by atoms with Crippen molar-refractivity contribution < 1.29 is 43.1 Å². The van der Waals surface area contributed by atoms with Gasteiger partial charge in [-0.25, -0.2) is 4.79 Å². The van der Waals surface area contributed by atoms with Crippen molar-refractivity contribution in [2.45, 2.75) is 82.2 Å². The minimum Gasteiger partial charge on any atom is -0.493 e. The van der Waals surface area contributed by atoms with Crippen LogP contribution >= 0.6 is 0 Å². The topological polar surface area (TPSA) is 152 Å². The van der Waals surface area contributed by atoms with E-state index in [1.165, 1.54) is 25.2 Å². The zero-order chi connectivity index (χ0) is 30.9. The third-order valence-electron chi connectivity index (χ3n) is 8.69. The van der Waals surface area contributed by atoms with Crippen LogP contribution in [0.3, 0.4) is 0 Å². The zero-order valence-corrected chi connectivity index (χ0v) is 25.4. The van der Waals surface area contributed by atoms with Crippen molar-refractivity contribution in [3.05, 3.63) is 23.8 Å². The minimum atomic E-state index is -0.883. The lowest BCUT2D eigenvalue weighted by atomic mass is 10.0. The van der Waals surface area contributed by atoms with Crippen LogP contribution in [-0.4, -0.2) is 122 Å². The lowest BCUT2D eigenvalue weighted by Crippen LogP contribution is -2.50. The van der Waals surface area contributed by atoms with Gasteiger partial charge in [-0.15, -0.1) is 0 Å². The van der Waals surface area contributed by atoms with E-state index in [1.54, 1.807) is 26.0 Å². The van der Waals surface area contributed by atoms with Crippen molar-refractivity contribution >= 4 is 11.9 Å². The fourth-order valence-corrected chi connectivity index (χ4v) is 6.37. The number of nitrogens with one attached hydrogen (secondary N) is 1. The molecular weight excluding hydrogens is 560 g/mol. The number of nitriles is 1. The van der Waals surface area contributed by atoms with Crippen LogP contribution in [0.4, 0.5) is 0 Å². The number of likely N-dealkylation sites (tertiary alicyclic amines) is 2. The van der Waals surface area contributed by atoms with Gasteiger partial charge in [-0.2, -0.15) is 5.26 Å². The predicted octanol–water partition coefficient (Wildman–Crippen LogP) is 0.891. The monoisotopic (exact) mass is 602 g/mol. The fourth-order valence-electron chi connectivity index (χ4n) is 6.37. The number of fused-ring (bicyclic) bond motifs is 1. The molecule has 0 saturated carbocycles. The first-order chi connectivity index (χ1) is 20.5. The molecular formula is C30H42N4O9. The largest absolute Gasteiger partial charge is 0.493 e. The summed E-state index contributed by atoms with van der Waals surface area (Å²) in [5.41, 5.74) is 0.266. The van der Waals surface area contributed by atoms with E-state index in [4.69, 9.17) is 28.4 Å². The lowest BCUT2D eigenvalue weighted by Gasteiger charge is -2.35. The number of esters is 1. The van der Waals surface area contributed by atoms with E-state index >= 15 is 0 Å². The van der Waals surface area contributed by atoms with Crippen LogP contribution < -0.4 is 14.8 Å². The van der Waals surface area contributed by atoms with E-state index < -0.39 is 42.4 Å². The van der Waals surface area contributed by atoms with E-state index in [9.17, 15) is 20.0 Å². The number of aliphatic hydroxyl groups is 1. The van der Waals surface area contributed by atoms with Crippen LogP contribution in [0.5, 0.6) is 11.5 Å². The molecule has 4 aliphatic rings. The summed E-state index contributed by atoms with van der Waals surface area (Å²) in [6.45, 7) is 8.03. The number of carbonyl (C=O) groups is 2. The molecule has 1 aromatic carbocycles. The maximum Gasteiger partial charge on any atom is 0.338 e. The van der Waals surface area contributed by atoms with E-state index in [2.05, 4.69) is 16.3 Å². The number of piperidine rings is 1. The zero-order valence-electron chi connectivity index (χ0n) is 25.4. The van der Waals surface area contributed by atoms with Crippen molar-refractivity contribution in [3.8, 4) is 17.6 Å². The van der Waals surface area contributed by atoms with Crippen molar-refractivity contribution in [1.82, 2.24) is 15.1 Å². The first kappa shape index (κ1) is 31.4. The molecule has 0 bridgehead atoms. The molecule has 1 amide bonds. The van der Waals surface area contributed by atoms with Crippen molar-refractivity contribution in [1.29, 1.82) is 5.26 Å². The highest BCUT2D eigenvalue weighted by molar-refractivity contribution is 5.90. The highest BCUT2D eigenvalue weighted by Crippen LogP contribution is 2.38. The van der Waals surface area contributed by atoms with Gasteiger partial charge in [0.1, 0.15) is 24.4 Å². The first-order valence-electron chi connectivity index (χ1n) is 14.8. The van der Waals surface area contributed by atoms with Crippen LogP contribution in [0.15, 0.2) is 18.2 Å². The Kier molecular flexibility index (Phi) is 9.46. The highest BCUT2D eigenvalue weighted by Gasteiger charge is 2.54. The van der Waals surface area contributed by atoms with Crippen LogP contribution in [0.2, 0.25) is 0 Å². The number of hydrogen-bond acceptors (Lipinski definition) is 12. The molecule has 4 aliphatic heterocycles.